The number of carbonyl (C=O) groups is 2. The number of carbonyl (C=O) groups excluding carboxylic acids is 2. The first-order valence-corrected chi connectivity index (χ1v) is 5.83. The zero-order chi connectivity index (χ0) is 14.6. The number of esters is 1. The van der Waals surface area contributed by atoms with E-state index in [1.165, 1.54) is 12.0 Å². The van der Waals surface area contributed by atoms with Gasteiger partial charge in [0, 0.05) is 14.1 Å². The number of para-hydroxylation sites is 1. The lowest BCUT2D eigenvalue weighted by Gasteiger charge is -2.21. The van der Waals surface area contributed by atoms with Crippen LogP contribution in [0.2, 0.25) is 0 Å². The number of likely N-dealkylation sites (N-methyl/N-ethyl adjacent to an activating group) is 1. The van der Waals surface area contributed by atoms with Crippen LogP contribution in [0, 0.1) is 0 Å². The van der Waals surface area contributed by atoms with Crippen molar-refractivity contribution in [3.63, 3.8) is 0 Å². The molecule has 1 amide bonds. The highest BCUT2D eigenvalue weighted by atomic mass is 16.5. The molecular formula is C13H19N3O3. The normalized spacial score (nSPS) is 11.6. The van der Waals surface area contributed by atoms with Crippen molar-refractivity contribution < 1.29 is 14.3 Å². The second kappa shape index (κ2) is 6.08. The average Bonchev–Trinajstić information content (AvgIpc) is 2.38. The molecular weight excluding hydrogens is 246 g/mol. The zero-order valence-electron chi connectivity index (χ0n) is 11.6. The summed E-state index contributed by atoms with van der Waals surface area (Å²) >= 11 is 0. The first kappa shape index (κ1) is 14.8. The summed E-state index contributed by atoms with van der Waals surface area (Å²) in [6, 6.07) is 4.41. The smallest absolute Gasteiger partial charge is 0.340 e. The summed E-state index contributed by atoms with van der Waals surface area (Å²) in [6.45, 7) is 1.70. The molecule has 19 heavy (non-hydrogen) atoms. The number of rotatable bonds is 4. The second-order valence-electron chi connectivity index (χ2n) is 4.36. The van der Waals surface area contributed by atoms with Gasteiger partial charge in [0.1, 0.15) is 6.04 Å². The number of benzene rings is 1. The van der Waals surface area contributed by atoms with Crippen molar-refractivity contribution in [2.45, 2.75) is 13.0 Å². The quantitative estimate of drug-likeness (QED) is 0.625. The predicted octanol–water partition coefficient (Wildman–Crippen LogP) is 0.944. The van der Waals surface area contributed by atoms with Crippen LogP contribution in [0.5, 0.6) is 0 Å². The van der Waals surface area contributed by atoms with Gasteiger partial charge in [0.25, 0.3) is 0 Å². The summed E-state index contributed by atoms with van der Waals surface area (Å²) in [4.78, 5) is 24.9. The van der Waals surface area contributed by atoms with E-state index in [2.05, 4.69) is 5.32 Å². The summed E-state index contributed by atoms with van der Waals surface area (Å²) in [5.74, 6) is -0.613. The summed E-state index contributed by atoms with van der Waals surface area (Å²) in [7, 11) is 4.62. The Morgan fingerprint density at radius 2 is 2.00 bits per heavy atom. The van der Waals surface area contributed by atoms with Gasteiger partial charge < -0.3 is 20.7 Å². The van der Waals surface area contributed by atoms with Gasteiger partial charge in [-0.2, -0.15) is 0 Å². The highest BCUT2D eigenvalue weighted by molar-refractivity contribution is 5.99. The van der Waals surface area contributed by atoms with Gasteiger partial charge >= 0.3 is 5.97 Å². The Morgan fingerprint density at radius 3 is 2.53 bits per heavy atom. The Morgan fingerprint density at radius 1 is 1.37 bits per heavy atom. The van der Waals surface area contributed by atoms with Gasteiger partial charge in [-0.3, -0.25) is 4.79 Å². The van der Waals surface area contributed by atoms with E-state index in [4.69, 9.17) is 10.5 Å². The summed E-state index contributed by atoms with van der Waals surface area (Å²) < 4.78 is 4.69. The van der Waals surface area contributed by atoms with Crippen molar-refractivity contribution in [3.05, 3.63) is 23.8 Å². The molecule has 0 aromatic heterocycles. The van der Waals surface area contributed by atoms with Gasteiger partial charge in [-0.1, -0.05) is 6.07 Å². The van der Waals surface area contributed by atoms with Crippen LogP contribution in [0.15, 0.2) is 18.2 Å². The van der Waals surface area contributed by atoms with E-state index in [1.54, 1.807) is 39.2 Å². The number of amides is 1. The molecule has 0 saturated carbocycles. The van der Waals surface area contributed by atoms with Gasteiger partial charge in [-0.25, -0.2) is 4.79 Å². The summed E-state index contributed by atoms with van der Waals surface area (Å²) in [5.41, 5.74) is 6.95. The van der Waals surface area contributed by atoms with E-state index in [1.807, 2.05) is 0 Å². The second-order valence-corrected chi connectivity index (χ2v) is 4.36. The molecule has 1 atom stereocenters. The van der Waals surface area contributed by atoms with Gasteiger partial charge in [-0.15, -0.1) is 0 Å². The van der Waals surface area contributed by atoms with Crippen molar-refractivity contribution in [2.75, 3.05) is 32.3 Å². The average molecular weight is 265 g/mol. The maximum atomic E-state index is 11.8. The van der Waals surface area contributed by atoms with Crippen molar-refractivity contribution in [3.8, 4) is 0 Å². The number of nitrogens with zero attached hydrogens (tertiary/aromatic N) is 1. The van der Waals surface area contributed by atoms with E-state index < -0.39 is 12.0 Å². The van der Waals surface area contributed by atoms with Crippen LogP contribution in [0.4, 0.5) is 11.4 Å². The summed E-state index contributed by atoms with van der Waals surface area (Å²) in [5, 5.41) is 2.96. The number of hydrogen-bond donors (Lipinski definition) is 2. The van der Waals surface area contributed by atoms with E-state index in [0.717, 1.165) is 0 Å². The van der Waals surface area contributed by atoms with Crippen LogP contribution in [-0.2, 0) is 9.53 Å². The molecule has 1 rings (SSSR count). The Hall–Kier alpha value is -2.24. The topological polar surface area (TPSA) is 84.7 Å². The first-order chi connectivity index (χ1) is 8.88. The van der Waals surface area contributed by atoms with Crippen LogP contribution in [0.3, 0.4) is 0 Å². The van der Waals surface area contributed by atoms with E-state index >= 15 is 0 Å². The SMILES string of the molecule is COC(=O)c1cccc(N)c1NC(C)C(=O)N(C)C. The number of hydrogen-bond acceptors (Lipinski definition) is 5. The number of ether oxygens (including phenoxy) is 1. The van der Waals surface area contributed by atoms with Crippen molar-refractivity contribution in [2.24, 2.45) is 0 Å². The highest BCUT2D eigenvalue weighted by Crippen LogP contribution is 2.25. The number of anilines is 2. The predicted molar refractivity (Wildman–Crippen MR) is 74.0 cm³/mol. The molecule has 6 nitrogen and oxygen atoms in total. The van der Waals surface area contributed by atoms with Gasteiger partial charge in [0.15, 0.2) is 0 Å². The maximum Gasteiger partial charge on any atom is 0.340 e. The Bertz CT molecular complexity index is 486. The van der Waals surface area contributed by atoms with Crippen LogP contribution < -0.4 is 11.1 Å². The van der Waals surface area contributed by atoms with Crippen molar-refractivity contribution in [1.29, 1.82) is 0 Å². The largest absolute Gasteiger partial charge is 0.465 e. The third-order valence-electron chi connectivity index (χ3n) is 2.67. The fourth-order valence-electron chi connectivity index (χ4n) is 1.68. The molecule has 0 heterocycles. The summed E-state index contributed by atoms with van der Waals surface area (Å²) in [6.07, 6.45) is 0. The molecule has 0 aliphatic rings. The lowest BCUT2D eigenvalue weighted by molar-refractivity contribution is -0.129. The lowest BCUT2D eigenvalue weighted by atomic mass is 10.1. The molecule has 0 radical (unpaired) electrons. The monoisotopic (exact) mass is 265 g/mol. The number of nitrogens with two attached hydrogens (primary N) is 1. The molecule has 0 saturated heterocycles. The zero-order valence-corrected chi connectivity index (χ0v) is 11.6. The molecule has 0 bridgehead atoms. The number of methoxy groups -OCH3 is 1. The van der Waals surface area contributed by atoms with Gasteiger partial charge in [-0.05, 0) is 19.1 Å². The fourth-order valence-corrected chi connectivity index (χ4v) is 1.68. The standard InChI is InChI=1S/C13H19N3O3/c1-8(12(17)16(2)3)15-11-9(13(18)19-4)6-5-7-10(11)14/h5-8,15H,14H2,1-4H3. The minimum Gasteiger partial charge on any atom is -0.465 e. The molecule has 0 spiro atoms. The van der Waals surface area contributed by atoms with Crippen LogP contribution >= 0.6 is 0 Å². The highest BCUT2D eigenvalue weighted by Gasteiger charge is 2.20. The molecule has 3 N–H and O–H groups in total. The third-order valence-corrected chi connectivity index (χ3v) is 2.67. The van der Waals surface area contributed by atoms with Crippen molar-refractivity contribution >= 4 is 23.3 Å². The van der Waals surface area contributed by atoms with Gasteiger partial charge in [0.05, 0.1) is 24.0 Å². The molecule has 1 aromatic carbocycles. The minimum atomic E-state index is -0.501. The molecule has 0 aliphatic carbocycles. The molecule has 6 heteroatoms. The Balaban J connectivity index is 3.06. The molecule has 0 aliphatic heterocycles. The third kappa shape index (κ3) is 3.37. The van der Waals surface area contributed by atoms with Crippen molar-refractivity contribution in [1.82, 2.24) is 4.90 Å². The number of nitrogens with one attached hydrogen (secondary N) is 1. The lowest BCUT2D eigenvalue weighted by Crippen LogP contribution is -2.37. The molecule has 1 unspecified atom stereocenters. The Kier molecular flexibility index (Phi) is 4.74. The molecule has 1 aromatic rings. The molecule has 104 valence electrons. The molecule has 0 fully saturated rings. The van der Waals surface area contributed by atoms with Gasteiger partial charge in [0.2, 0.25) is 5.91 Å². The van der Waals surface area contributed by atoms with Crippen LogP contribution in [0.25, 0.3) is 0 Å². The first-order valence-electron chi connectivity index (χ1n) is 5.83. The van der Waals surface area contributed by atoms with E-state index in [-0.39, 0.29) is 5.91 Å². The number of nitrogen functional groups attached to an aromatic ring is 1. The maximum absolute atomic E-state index is 11.8. The van der Waals surface area contributed by atoms with Crippen LogP contribution in [0.1, 0.15) is 17.3 Å². The van der Waals surface area contributed by atoms with E-state index in [0.29, 0.717) is 16.9 Å². The van der Waals surface area contributed by atoms with Crippen LogP contribution in [-0.4, -0.2) is 44.0 Å². The minimum absolute atomic E-state index is 0.112. The van der Waals surface area contributed by atoms with E-state index in [9.17, 15) is 9.59 Å². The fraction of sp³-hybridized carbons (Fsp3) is 0.385. The Labute approximate surface area is 112 Å².